The van der Waals surface area contributed by atoms with Crippen molar-refractivity contribution in [1.29, 1.82) is 0 Å². The molecule has 0 bridgehead atoms. The van der Waals surface area contributed by atoms with Crippen molar-refractivity contribution in [2.45, 2.75) is 37.7 Å². The molecule has 1 fully saturated rings. The maximum atomic E-state index is 13.0. The van der Waals surface area contributed by atoms with E-state index < -0.39 is 0 Å². The number of aromatic nitrogens is 4. The number of hydrogen-bond donors (Lipinski definition) is 0. The molecule has 0 radical (unpaired) electrons. The van der Waals surface area contributed by atoms with Crippen molar-refractivity contribution in [1.82, 2.24) is 29.4 Å². The summed E-state index contributed by atoms with van der Waals surface area (Å²) >= 11 is 1.45. The van der Waals surface area contributed by atoms with Crippen LogP contribution in [0.1, 0.15) is 24.0 Å². The Kier molecular flexibility index (Phi) is 5.82. The minimum Gasteiger partial charge on any atom is -0.339 e. The number of amides is 1. The van der Waals surface area contributed by atoms with Gasteiger partial charge in [-0.2, -0.15) is 0 Å². The minimum absolute atomic E-state index is 0.156. The van der Waals surface area contributed by atoms with Gasteiger partial charge in [0, 0.05) is 44.5 Å². The van der Waals surface area contributed by atoms with Crippen molar-refractivity contribution < 1.29 is 4.79 Å². The summed E-state index contributed by atoms with van der Waals surface area (Å²) in [6, 6.07) is 12.4. The predicted octanol–water partition coefficient (Wildman–Crippen LogP) is 2.57. The second-order valence-electron chi connectivity index (χ2n) is 7.47. The molecule has 3 aromatic rings. The molecule has 1 saturated heterocycles. The molecule has 152 valence electrons. The molecule has 1 aliphatic heterocycles. The summed E-state index contributed by atoms with van der Waals surface area (Å²) in [4.78, 5) is 21.8. The molecular formula is C21H26N6OS. The molecule has 1 aliphatic rings. The van der Waals surface area contributed by atoms with Crippen LogP contribution in [0.5, 0.6) is 0 Å². The molecule has 1 unspecified atom stereocenters. The molecule has 1 aromatic carbocycles. The third kappa shape index (κ3) is 4.43. The summed E-state index contributed by atoms with van der Waals surface area (Å²) in [7, 11) is 0. The normalized spacial score (nSPS) is 16.3. The molecule has 0 spiro atoms. The van der Waals surface area contributed by atoms with Crippen molar-refractivity contribution in [3.05, 3.63) is 53.5 Å². The van der Waals surface area contributed by atoms with Crippen molar-refractivity contribution >= 4 is 23.3 Å². The van der Waals surface area contributed by atoms with E-state index >= 15 is 0 Å². The second-order valence-corrected chi connectivity index (χ2v) is 8.78. The van der Waals surface area contributed by atoms with Crippen molar-refractivity contribution in [3.63, 3.8) is 0 Å². The van der Waals surface area contributed by atoms with E-state index in [0.717, 1.165) is 49.9 Å². The number of carbonyl (C=O) groups excluding carboxylic acids is 1. The van der Waals surface area contributed by atoms with Gasteiger partial charge in [0.25, 0.3) is 0 Å². The van der Waals surface area contributed by atoms with E-state index in [1.54, 1.807) is 0 Å². The fourth-order valence-corrected chi connectivity index (χ4v) is 4.70. The van der Waals surface area contributed by atoms with E-state index in [9.17, 15) is 4.79 Å². The topological polar surface area (TPSA) is 66.6 Å². The van der Waals surface area contributed by atoms with Crippen LogP contribution < -0.4 is 0 Å². The Balaban J connectivity index is 1.36. The largest absolute Gasteiger partial charge is 0.339 e. The van der Waals surface area contributed by atoms with E-state index in [2.05, 4.69) is 44.3 Å². The molecule has 2 aromatic heterocycles. The lowest BCUT2D eigenvalue weighted by molar-refractivity contribution is -0.132. The molecule has 1 atom stereocenters. The Morgan fingerprint density at radius 2 is 1.83 bits per heavy atom. The Hall–Kier alpha value is -2.45. The summed E-state index contributed by atoms with van der Waals surface area (Å²) in [5.41, 5.74) is 3.00. The van der Waals surface area contributed by atoms with E-state index in [1.165, 1.54) is 17.3 Å². The van der Waals surface area contributed by atoms with Gasteiger partial charge in [-0.3, -0.25) is 14.1 Å². The highest BCUT2D eigenvalue weighted by Gasteiger charge is 2.27. The van der Waals surface area contributed by atoms with Gasteiger partial charge in [0.2, 0.25) is 5.91 Å². The number of rotatable bonds is 5. The Bertz CT molecular complexity index is 997. The highest BCUT2D eigenvalue weighted by molar-refractivity contribution is 8.00. The van der Waals surface area contributed by atoms with Crippen molar-refractivity contribution in [2.24, 2.45) is 0 Å². The lowest BCUT2D eigenvalue weighted by atomic mass is 10.2. The molecular weight excluding hydrogens is 384 g/mol. The maximum Gasteiger partial charge on any atom is 0.235 e. The van der Waals surface area contributed by atoms with Crippen LogP contribution in [-0.4, -0.2) is 66.7 Å². The van der Waals surface area contributed by atoms with Gasteiger partial charge in [0.15, 0.2) is 10.8 Å². The maximum absolute atomic E-state index is 13.0. The number of benzene rings is 1. The third-order valence-electron chi connectivity index (χ3n) is 5.22. The molecule has 7 nitrogen and oxygen atoms in total. The highest BCUT2D eigenvalue weighted by atomic mass is 32.2. The third-order valence-corrected chi connectivity index (χ3v) is 6.25. The summed E-state index contributed by atoms with van der Waals surface area (Å²) in [6.45, 7) is 10.1. The first-order valence-electron chi connectivity index (χ1n) is 9.92. The first-order valence-corrected chi connectivity index (χ1v) is 10.8. The summed E-state index contributed by atoms with van der Waals surface area (Å²) in [6.07, 6.45) is 0. The Morgan fingerprint density at radius 3 is 2.55 bits per heavy atom. The minimum atomic E-state index is -0.219. The highest BCUT2D eigenvalue weighted by Crippen LogP contribution is 2.25. The lowest BCUT2D eigenvalue weighted by Crippen LogP contribution is -2.50. The van der Waals surface area contributed by atoms with E-state index in [1.807, 2.05) is 42.2 Å². The van der Waals surface area contributed by atoms with Crippen LogP contribution in [0.3, 0.4) is 0 Å². The van der Waals surface area contributed by atoms with Gasteiger partial charge in [0.05, 0.1) is 5.25 Å². The van der Waals surface area contributed by atoms with E-state index in [4.69, 9.17) is 0 Å². The Morgan fingerprint density at radius 1 is 1.10 bits per heavy atom. The van der Waals surface area contributed by atoms with Gasteiger partial charge in [0.1, 0.15) is 5.82 Å². The number of hydrogen-bond acceptors (Lipinski definition) is 6. The zero-order valence-electron chi connectivity index (χ0n) is 17.1. The van der Waals surface area contributed by atoms with Crippen LogP contribution in [0.2, 0.25) is 0 Å². The monoisotopic (exact) mass is 410 g/mol. The molecule has 0 saturated carbocycles. The number of aryl methyl sites for hydroxylation is 2. The summed E-state index contributed by atoms with van der Waals surface area (Å²) in [5, 5.41) is 9.01. The number of fused-ring (bicyclic) bond motifs is 1. The number of carbonyl (C=O) groups is 1. The predicted molar refractivity (Wildman–Crippen MR) is 114 cm³/mol. The molecule has 8 heteroatoms. The zero-order chi connectivity index (χ0) is 20.4. The van der Waals surface area contributed by atoms with Crippen molar-refractivity contribution in [2.75, 3.05) is 26.2 Å². The van der Waals surface area contributed by atoms with Crippen LogP contribution in [0.4, 0.5) is 0 Å². The molecule has 0 aliphatic carbocycles. The van der Waals surface area contributed by atoms with Crippen LogP contribution >= 0.6 is 11.8 Å². The molecule has 4 rings (SSSR count). The quantitative estimate of drug-likeness (QED) is 0.603. The van der Waals surface area contributed by atoms with Gasteiger partial charge < -0.3 is 4.90 Å². The number of nitrogens with zero attached hydrogens (tertiary/aromatic N) is 6. The van der Waals surface area contributed by atoms with Gasteiger partial charge in [-0.1, -0.05) is 42.1 Å². The van der Waals surface area contributed by atoms with Gasteiger partial charge >= 0.3 is 0 Å². The van der Waals surface area contributed by atoms with E-state index in [0.29, 0.717) is 5.16 Å². The Labute approximate surface area is 175 Å². The molecule has 1 amide bonds. The van der Waals surface area contributed by atoms with Gasteiger partial charge in [-0.05, 0) is 26.3 Å². The van der Waals surface area contributed by atoms with Gasteiger partial charge in [-0.25, -0.2) is 4.98 Å². The smallest absolute Gasteiger partial charge is 0.235 e. The molecule has 0 N–H and O–H groups in total. The lowest BCUT2D eigenvalue weighted by Gasteiger charge is -2.35. The standard InChI is InChI=1S/C21H26N6OS/c1-15-13-19-23-24-21(27(19)17(3)22-15)29-16(2)20(28)26-11-9-25(10-12-26)14-18-7-5-4-6-8-18/h4-8,13,16H,9-12,14H2,1-3H3. The number of thioether (sulfide) groups is 1. The van der Waals surface area contributed by atoms with Crippen LogP contribution in [0.15, 0.2) is 41.6 Å². The average molecular weight is 411 g/mol. The SMILES string of the molecule is Cc1cc2nnc(SC(C)C(=O)N3CCN(Cc4ccccc4)CC3)n2c(C)n1. The fourth-order valence-electron chi connectivity index (χ4n) is 3.71. The first kappa shape index (κ1) is 19.8. The average Bonchev–Trinajstić information content (AvgIpc) is 3.11. The fraction of sp³-hybridized carbons (Fsp3) is 0.429. The van der Waals surface area contributed by atoms with E-state index in [-0.39, 0.29) is 11.2 Å². The molecule has 3 heterocycles. The van der Waals surface area contributed by atoms with Crippen LogP contribution in [-0.2, 0) is 11.3 Å². The van der Waals surface area contributed by atoms with Gasteiger partial charge in [-0.15, -0.1) is 10.2 Å². The second kappa shape index (κ2) is 8.51. The van der Waals surface area contributed by atoms with Crippen LogP contribution in [0, 0.1) is 13.8 Å². The van der Waals surface area contributed by atoms with Crippen molar-refractivity contribution in [3.8, 4) is 0 Å². The number of piperazine rings is 1. The summed E-state index contributed by atoms with van der Waals surface area (Å²) in [5.74, 6) is 0.991. The van der Waals surface area contributed by atoms with Crippen LogP contribution in [0.25, 0.3) is 5.65 Å². The zero-order valence-corrected chi connectivity index (χ0v) is 17.9. The summed E-state index contributed by atoms with van der Waals surface area (Å²) < 4.78 is 1.92. The first-order chi connectivity index (χ1) is 14.0. The molecule has 29 heavy (non-hydrogen) atoms.